The molecule has 6 aliphatic rings. The summed E-state index contributed by atoms with van der Waals surface area (Å²) in [7, 11) is 0. The van der Waals surface area contributed by atoms with Gasteiger partial charge in [-0.3, -0.25) is 29.5 Å². The molecule has 3 saturated heterocycles. The number of H-pyrrole nitrogens is 1. The maximum atomic E-state index is 13.9. The van der Waals surface area contributed by atoms with Crippen LogP contribution in [-0.4, -0.2) is 124 Å². The summed E-state index contributed by atoms with van der Waals surface area (Å²) in [5.41, 5.74) is 6.37. The lowest BCUT2D eigenvalue weighted by Gasteiger charge is -2.47. The molecule has 6 aliphatic heterocycles. The molecular formula is C42H47F2N9O4. The van der Waals surface area contributed by atoms with Crippen molar-refractivity contribution in [1.29, 1.82) is 0 Å². The molecule has 2 aromatic carbocycles. The molecule has 4 atom stereocenters. The van der Waals surface area contributed by atoms with Gasteiger partial charge < -0.3 is 24.4 Å². The molecule has 0 radical (unpaired) electrons. The van der Waals surface area contributed by atoms with Crippen LogP contribution in [0.15, 0.2) is 48.8 Å². The minimum absolute atomic E-state index is 0.0635. The smallest absolute Gasteiger partial charge is 0.255 e. The standard InChI is InChI=1S/C42H47F2N9O4/c1-24-16-30-28-4-2-3-5-32(28)47-37(30)38(52(24)22-35(43)44)26-17-45-42(46-18-26)50-12-10-25(11-13-50)19-49-14-15-51-27(20-49)23-57-39-31-21-53(34-8-9-36(54)48-40(34)55)41(56)29(31)6-7-33(39)51/h2-7,17-18,24-25,27,34-35,38,47H,8-16,19-23H2,1H3,(H,48,54,55)/t24-,27+,34?,38-/m1/s1. The Bertz CT molecular complexity index is 2220. The first-order valence-electron chi connectivity index (χ1n) is 20.3. The van der Waals surface area contributed by atoms with Crippen LogP contribution in [0.5, 0.6) is 5.75 Å². The Morgan fingerprint density at radius 3 is 2.54 bits per heavy atom. The van der Waals surface area contributed by atoms with E-state index in [1.807, 2.05) is 54.5 Å². The van der Waals surface area contributed by atoms with Crippen molar-refractivity contribution >= 4 is 40.3 Å². The summed E-state index contributed by atoms with van der Waals surface area (Å²) in [4.78, 5) is 61.5. The number of hydrogen-bond donors (Lipinski definition) is 2. The molecule has 3 amide bonds. The Kier molecular flexibility index (Phi) is 9.11. The zero-order valence-electron chi connectivity index (χ0n) is 32.0. The number of amides is 3. The number of anilines is 2. The summed E-state index contributed by atoms with van der Waals surface area (Å²) in [6.07, 6.45) is 4.52. The van der Waals surface area contributed by atoms with Crippen LogP contribution in [0.3, 0.4) is 0 Å². The summed E-state index contributed by atoms with van der Waals surface area (Å²) in [5.74, 6) is 1.06. The summed E-state index contributed by atoms with van der Waals surface area (Å²) in [5, 5.41) is 3.52. The highest BCUT2D eigenvalue weighted by molar-refractivity contribution is 6.06. The van der Waals surface area contributed by atoms with Gasteiger partial charge in [-0.25, -0.2) is 18.7 Å². The van der Waals surface area contributed by atoms with Gasteiger partial charge in [-0.05, 0) is 62.3 Å². The van der Waals surface area contributed by atoms with Crippen molar-refractivity contribution in [2.75, 3.05) is 62.2 Å². The van der Waals surface area contributed by atoms with E-state index >= 15 is 0 Å². The molecule has 0 spiro atoms. The van der Waals surface area contributed by atoms with Gasteiger partial charge in [0.2, 0.25) is 17.8 Å². The second-order valence-corrected chi connectivity index (χ2v) is 16.6. The predicted molar refractivity (Wildman–Crippen MR) is 209 cm³/mol. The maximum absolute atomic E-state index is 13.9. The number of para-hydroxylation sites is 1. The Labute approximate surface area is 329 Å². The van der Waals surface area contributed by atoms with E-state index < -0.39 is 18.4 Å². The van der Waals surface area contributed by atoms with E-state index in [1.54, 1.807) is 4.90 Å². The number of aromatic nitrogens is 3. The molecule has 3 fully saturated rings. The molecule has 15 heteroatoms. The molecule has 298 valence electrons. The van der Waals surface area contributed by atoms with Gasteiger partial charge in [0.05, 0.1) is 30.9 Å². The minimum Gasteiger partial charge on any atom is -0.489 e. The third-order valence-electron chi connectivity index (χ3n) is 13.2. The minimum atomic E-state index is -2.45. The molecule has 4 aromatic rings. The number of alkyl halides is 2. The lowest BCUT2D eigenvalue weighted by Crippen LogP contribution is -2.58. The molecule has 0 saturated carbocycles. The lowest BCUT2D eigenvalue weighted by molar-refractivity contribution is -0.136. The van der Waals surface area contributed by atoms with Crippen molar-refractivity contribution in [3.8, 4) is 5.75 Å². The number of fused-ring (bicyclic) bond motifs is 8. The van der Waals surface area contributed by atoms with Crippen molar-refractivity contribution in [3.05, 3.63) is 76.7 Å². The van der Waals surface area contributed by atoms with Crippen LogP contribution in [0.4, 0.5) is 20.4 Å². The van der Waals surface area contributed by atoms with E-state index in [0.717, 1.165) is 91.3 Å². The number of nitrogens with zero attached hydrogens (tertiary/aromatic N) is 7. The number of carbonyl (C=O) groups excluding carboxylic acids is 3. The van der Waals surface area contributed by atoms with Gasteiger partial charge in [0.25, 0.3) is 12.3 Å². The monoisotopic (exact) mass is 779 g/mol. The van der Waals surface area contributed by atoms with Gasteiger partial charge in [-0.2, -0.15) is 0 Å². The SMILES string of the molecule is C[C@@H]1Cc2c([nH]c3ccccc23)[C@@H](c2cnc(N3CCC(CN4CCN5c6ccc7c(c6OC[C@@H]5C4)CN(C4CCC(=O)NC4=O)C7=O)CC3)nc2)N1CC(F)F. The molecule has 13 nitrogen and oxygen atoms in total. The summed E-state index contributed by atoms with van der Waals surface area (Å²) >= 11 is 0. The van der Waals surface area contributed by atoms with Crippen LogP contribution in [0.2, 0.25) is 0 Å². The Morgan fingerprint density at radius 1 is 0.947 bits per heavy atom. The first-order chi connectivity index (χ1) is 27.7. The average molecular weight is 780 g/mol. The van der Waals surface area contributed by atoms with E-state index in [0.29, 0.717) is 43.4 Å². The molecule has 2 N–H and O–H groups in total. The molecule has 8 heterocycles. The van der Waals surface area contributed by atoms with Crippen molar-refractivity contribution in [2.24, 2.45) is 5.92 Å². The number of ether oxygens (including phenoxy) is 1. The first-order valence-corrected chi connectivity index (χ1v) is 20.3. The number of benzene rings is 2. The second-order valence-electron chi connectivity index (χ2n) is 16.6. The zero-order valence-corrected chi connectivity index (χ0v) is 32.0. The fourth-order valence-corrected chi connectivity index (χ4v) is 10.3. The number of imide groups is 1. The summed E-state index contributed by atoms with van der Waals surface area (Å²) in [6, 6.07) is 11.1. The molecule has 1 unspecified atom stereocenters. The van der Waals surface area contributed by atoms with Crippen LogP contribution in [-0.2, 0) is 22.6 Å². The number of hydrogen-bond acceptors (Lipinski definition) is 10. The normalized spacial score (nSPS) is 25.7. The average Bonchev–Trinajstić information content (AvgIpc) is 3.75. The molecule has 0 aliphatic carbocycles. The number of halogens is 2. The summed E-state index contributed by atoms with van der Waals surface area (Å²) in [6.45, 7) is 7.94. The van der Waals surface area contributed by atoms with Gasteiger partial charge in [-0.15, -0.1) is 0 Å². The van der Waals surface area contributed by atoms with Crippen LogP contribution in [0.1, 0.15) is 71.4 Å². The highest BCUT2D eigenvalue weighted by atomic mass is 19.3. The number of aromatic amines is 1. The molecular weight excluding hydrogens is 733 g/mol. The van der Waals surface area contributed by atoms with Crippen LogP contribution >= 0.6 is 0 Å². The number of nitrogens with one attached hydrogen (secondary N) is 2. The summed E-state index contributed by atoms with van der Waals surface area (Å²) < 4.78 is 34.2. The number of piperidine rings is 2. The van der Waals surface area contributed by atoms with Crippen molar-refractivity contribution in [3.63, 3.8) is 0 Å². The highest BCUT2D eigenvalue weighted by Gasteiger charge is 2.43. The quantitative estimate of drug-likeness (QED) is 0.265. The van der Waals surface area contributed by atoms with Crippen LogP contribution in [0, 0.1) is 5.92 Å². The lowest BCUT2D eigenvalue weighted by atomic mass is 9.89. The van der Waals surface area contributed by atoms with Crippen molar-refractivity contribution in [2.45, 2.75) is 76.2 Å². The topological polar surface area (TPSA) is 130 Å². The number of piperazine rings is 1. The van der Waals surface area contributed by atoms with Gasteiger partial charge in [0.1, 0.15) is 18.4 Å². The van der Waals surface area contributed by atoms with E-state index in [2.05, 4.69) is 31.1 Å². The molecule has 2 aromatic heterocycles. The van der Waals surface area contributed by atoms with Gasteiger partial charge >= 0.3 is 0 Å². The van der Waals surface area contributed by atoms with E-state index in [-0.39, 0.29) is 42.9 Å². The van der Waals surface area contributed by atoms with Crippen LogP contribution < -0.4 is 19.9 Å². The zero-order chi connectivity index (χ0) is 38.9. The largest absolute Gasteiger partial charge is 0.489 e. The van der Waals surface area contributed by atoms with Crippen molar-refractivity contribution < 1.29 is 27.9 Å². The van der Waals surface area contributed by atoms with E-state index in [1.165, 1.54) is 5.56 Å². The Morgan fingerprint density at radius 2 is 1.75 bits per heavy atom. The molecule has 0 bridgehead atoms. The Balaban J connectivity index is 0.762. The Hall–Kier alpha value is -5.15. The second kappa shape index (κ2) is 14.3. The predicted octanol–water partition coefficient (Wildman–Crippen LogP) is 4.12. The van der Waals surface area contributed by atoms with E-state index in [4.69, 9.17) is 14.7 Å². The third-order valence-corrected chi connectivity index (χ3v) is 13.2. The molecule has 57 heavy (non-hydrogen) atoms. The van der Waals surface area contributed by atoms with Crippen LogP contribution in [0.25, 0.3) is 10.9 Å². The third kappa shape index (κ3) is 6.39. The molecule has 10 rings (SSSR count). The first kappa shape index (κ1) is 36.2. The fraction of sp³-hybridized carbons (Fsp3) is 0.500. The van der Waals surface area contributed by atoms with Gasteiger partial charge in [-0.1, -0.05) is 18.2 Å². The van der Waals surface area contributed by atoms with Crippen molar-refractivity contribution in [1.82, 2.24) is 35.0 Å². The highest BCUT2D eigenvalue weighted by Crippen LogP contribution is 2.44. The maximum Gasteiger partial charge on any atom is 0.255 e. The van der Waals surface area contributed by atoms with Gasteiger partial charge in [0, 0.05) is 97.4 Å². The fourth-order valence-electron chi connectivity index (χ4n) is 10.3. The number of rotatable bonds is 7. The number of carbonyl (C=O) groups is 3. The van der Waals surface area contributed by atoms with Gasteiger partial charge in [0.15, 0.2) is 0 Å². The van der Waals surface area contributed by atoms with E-state index in [9.17, 15) is 23.2 Å².